The van der Waals surface area contributed by atoms with Crippen LogP contribution in [0.2, 0.25) is 0 Å². The van der Waals surface area contributed by atoms with Gasteiger partial charge in [-0.25, -0.2) is 0 Å². The SMILES string of the molecule is CC(=O)N[C@@H]1C2NCC[C@](CO)(O2)[C@@H]2OC(C)(C)O[C@H]12. The molecule has 0 aromatic carbocycles. The van der Waals surface area contributed by atoms with Crippen molar-refractivity contribution in [3.05, 3.63) is 0 Å². The second-order valence-corrected chi connectivity index (χ2v) is 6.21. The summed E-state index contributed by atoms with van der Waals surface area (Å²) in [5.41, 5.74) is -0.761. The molecule has 0 aliphatic carbocycles. The number of ether oxygens (including phenoxy) is 3. The minimum Gasteiger partial charge on any atom is -0.393 e. The number of rotatable bonds is 2. The molecule has 3 aliphatic heterocycles. The van der Waals surface area contributed by atoms with Gasteiger partial charge in [-0.05, 0) is 20.3 Å². The van der Waals surface area contributed by atoms with Crippen molar-refractivity contribution in [3.63, 3.8) is 0 Å². The van der Waals surface area contributed by atoms with E-state index in [0.717, 1.165) is 0 Å². The Balaban J connectivity index is 1.94. The maximum atomic E-state index is 11.4. The summed E-state index contributed by atoms with van der Waals surface area (Å²) in [5.74, 6) is -0.899. The average Bonchev–Trinajstić information content (AvgIpc) is 2.71. The number of nitrogens with one attached hydrogen (secondary N) is 2. The standard InChI is InChI=1S/C13H22N2O5/c1-7(17)15-8-9-10(19-12(2,3)18-9)13(6-16)4-5-14-11(8)20-13/h8-11,14,16H,4-6H2,1-3H3,(H,15,17)/t8-,9+,10+,11?,13+/m0/s1. The van der Waals surface area contributed by atoms with Crippen molar-refractivity contribution in [3.8, 4) is 0 Å². The first kappa shape index (κ1) is 14.2. The van der Waals surface area contributed by atoms with Crippen LogP contribution >= 0.6 is 0 Å². The Kier molecular flexibility index (Phi) is 3.30. The molecule has 3 saturated heterocycles. The van der Waals surface area contributed by atoms with Crippen LogP contribution in [0, 0.1) is 0 Å². The number of aliphatic hydroxyl groups excluding tert-OH is 1. The zero-order valence-corrected chi connectivity index (χ0v) is 12.0. The molecule has 20 heavy (non-hydrogen) atoms. The van der Waals surface area contributed by atoms with Crippen LogP contribution in [0.4, 0.5) is 0 Å². The van der Waals surface area contributed by atoms with E-state index in [9.17, 15) is 9.90 Å². The van der Waals surface area contributed by atoms with Crippen molar-refractivity contribution in [1.82, 2.24) is 10.6 Å². The van der Waals surface area contributed by atoms with Crippen LogP contribution in [0.15, 0.2) is 0 Å². The Labute approximate surface area is 117 Å². The van der Waals surface area contributed by atoms with Gasteiger partial charge in [0.2, 0.25) is 5.91 Å². The van der Waals surface area contributed by atoms with Crippen LogP contribution in [0.3, 0.4) is 0 Å². The molecule has 2 bridgehead atoms. The smallest absolute Gasteiger partial charge is 0.217 e. The number of hydrogen-bond acceptors (Lipinski definition) is 6. The van der Waals surface area contributed by atoms with Crippen molar-refractivity contribution in [2.24, 2.45) is 0 Å². The predicted octanol–water partition coefficient (Wildman–Crippen LogP) is -0.908. The highest BCUT2D eigenvalue weighted by molar-refractivity contribution is 5.73. The molecule has 3 heterocycles. The Morgan fingerprint density at radius 3 is 2.80 bits per heavy atom. The zero-order valence-electron chi connectivity index (χ0n) is 12.0. The van der Waals surface area contributed by atoms with E-state index in [1.54, 1.807) is 0 Å². The first-order chi connectivity index (χ1) is 9.37. The van der Waals surface area contributed by atoms with E-state index in [0.29, 0.717) is 13.0 Å². The number of hydrogen-bond donors (Lipinski definition) is 3. The molecule has 0 radical (unpaired) electrons. The van der Waals surface area contributed by atoms with Crippen molar-refractivity contribution < 1.29 is 24.1 Å². The van der Waals surface area contributed by atoms with E-state index in [-0.39, 0.29) is 30.9 Å². The fourth-order valence-corrected chi connectivity index (χ4v) is 3.42. The van der Waals surface area contributed by atoms with E-state index >= 15 is 0 Å². The summed E-state index contributed by atoms with van der Waals surface area (Å²) >= 11 is 0. The third-order valence-corrected chi connectivity index (χ3v) is 4.22. The lowest BCUT2D eigenvalue weighted by Crippen LogP contribution is -2.74. The maximum absolute atomic E-state index is 11.4. The lowest BCUT2D eigenvalue weighted by molar-refractivity contribution is -0.253. The number of fused-ring (bicyclic) bond motifs is 4. The number of amides is 1. The highest BCUT2D eigenvalue weighted by atomic mass is 16.8. The summed E-state index contributed by atoms with van der Waals surface area (Å²) in [5, 5.41) is 15.9. The molecule has 3 aliphatic rings. The lowest BCUT2D eigenvalue weighted by atomic mass is 9.81. The Hall–Kier alpha value is -0.730. The number of aliphatic hydroxyl groups is 1. The minimum atomic E-state index is -0.761. The molecule has 5 atom stereocenters. The maximum Gasteiger partial charge on any atom is 0.217 e. The summed E-state index contributed by atoms with van der Waals surface area (Å²) < 4.78 is 17.9. The molecular weight excluding hydrogens is 264 g/mol. The van der Waals surface area contributed by atoms with Gasteiger partial charge < -0.3 is 24.6 Å². The van der Waals surface area contributed by atoms with Gasteiger partial charge in [-0.15, -0.1) is 0 Å². The summed E-state index contributed by atoms with van der Waals surface area (Å²) in [7, 11) is 0. The van der Waals surface area contributed by atoms with Gasteiger partial charge in [0.25, 0.3) is 0 Å². The summed E-state index contributed by atoms with van der Waals surface area (Å²) in [6.45, 7) is 5.71. The van der Waals surface area contributed by atoms with E-state index in [1.807, 2.05) is 13.8 Å². The fourth-order valence-electron chi connectivity index (χ4n) is 3.42. The molecule has 1 unspecified atom stereocenters. The predicted molar refractivity (Wildman–Crippen MR) is 68.7 cm³/mol. The molecule has 114 valence electrons. The third-order valence-electron chi connectivity index (χ3n) is 4.22. The number of carbonyl (C=O) groups excluding carboxylic acids is 1. The van der Waals surface area contributed by atoms with E-state index in [4.69, 9.17) is 14.2 Å². The van der Waals surface area contributed by atoms with E-state index < -0.39 is 17.5 Å². The van der Waals surface area contributed by atoms with Gasteiger partial charge in [0.1, 0.15) is 24.0 Å². The van der Waals surface area contributed by atoms with Crippen molar-refractivity contribution in [2.45, 2.75) is 63.1 Å². The largest absolute Gasteiger partial charge is 0.393 e. The van der Waals surface area contributed by atoms with Gasteiger partial charge in [0.15, 0.2) is 5.79 Å². The molecule has 7 nitrogen and oxygen atoms in total. The second-order valence-electron chi connectivity index (χ2n) is 6.21. The summed E-state index contributed by atoms with van der Waals surface area (Å²) in [6, 6.07) is -0.334. The van der Waals surface area contributed by atoms with Gasteiger partial charge in [-0.2, -0.15) is 0 Å². The van der Waals surface area contributed by atoms with Gasteiger partial charge in [0, 0.05) is 13.5 Å². The van der Waals surface area contributed by atoms with Crippen molar-refractivity contribution >= 4 is 5.91 Å². The van der Waals surface area contributed by atoms with Crippen LogP contribution in [0.25, 0.3) is 0 Å². The molecule has 0 aromatic heterocycles. The Morgan fingerprint density at radius 1 is 1.40 bits per heavy atom. The molecule has 7 heteroatoms. The highest BCUT2D eigenvalue weighted by Gasteiger charge is 2.63. The summed E-state index contributed by atoms with van der Waals surface area (Å²) in [6.07, 6.45) is -0.461. The van der Waals surface area contributed by atoms with Gasteiger partial charge in [-0.1, -0.05) is 0 Å². The molecule has 0 aromatic rings. The quantitative estimate of drug-likeness (QED) is 0.609. The molecular formula is C13H22N2O5. The van der Waals surface area contributed by atoms with Crippen molar-refractivity contribution in [2.75, 3.05) is 13.2 Å². The topological polar surface area (TPSA) is 89.1 Å². The van der Waals surface area contributed by atoms with Crippen molar-refractivity contribution in [1.29, 1.82) is 0 Å². The molecule has 0 saturated carbocycles. The summed E-state index contributed by atoms with van der Waals surface area (Å²) in [4.78, 5) is 11.4. The second kappa shape index (κ2) is 4.64. The fraction of sp³-hybridized carbons (Fsp3) is 0.923. The molecule has 3 fully saturated rings. The molecule has 3 rings (SSSR count). The molecule has 1 amide bonds. The molecule has 3 N–H and O–H groups in total. The van der Waals surface area contributed by atoms with Gasteiger partial charge in [-0.3, -0.25) is 10.1 Å². The Morgan fingerprint density at radius 2 is 2.15 bits per heavy atom. The third kappa shape index (κ3) is 2.14. The van der Waals surface area contributed by atoms with Crippen LogP contribution in [-0.2, 0) is 19.0 Å². The van der Waals surface area contributed by atoms with Crippen LogP contribution in [-0.4, -0.2) is 60.0 Å². The molecule has 0 spiro atoms. The first-order valence-corrected chi connectivity index (χ1v) is 7.02. The Bertz CT molecular complexity index is 416. The van der Waals surface area contributed by atoms with Crippen LogP contribution < -0.4 is 10.6 Å². The highest BCUT2D eigenvalue weighted by Crippen LogP contribution is 2.44. The zero-order chi connectivity index (χ0) is 14.5. The number of carbonyl (C=O) groups is 1. The lowest BCUT2D eigenvalue weighted by Gasteiger charge is -2.52. The van der Waals surface area contributed by atoms with Gasteiger partial charge >= 0.3 is 0 Å². The monoisotopic (exact) mass is 286 g/mol. The van der Waals surface area contributed by atoms with Crippen LogP contribution in [0.1, 0.15) is 27.2 Å². The average molecular weight is 286 g/mol. The van der Waals surface area contributed by atoms with E-state index in [2.05, 4.69) is 10.6 Å². The van der Waals surface area contributed by atoms with E-state index in [1.165, 1.54) is 6.92 Å². The minimum absolute atomic E-state index is 0.126. The van der Waals surface area contributed by atoms with Gasteiger partial charge in [0.05, 0.1) is 12.6 Å². The normalized spacial score (nSPS) is 45.8. The first-order valence-electron chi connectivity index (χ1n) is 7.02. The van der Waals surface area contributed by atoms with Crippen LogP contribution in [0.5, 0.6) is 0 Å².